The lowest BCUT2D eigenvalue weighted by Crippen LogP contribution is -2.49. The summed E-state index contributed by atoms with van der Waals surface area (Å²) in [7, 11) is 4.22. The van der Waals surface area contributed by atoms with E-state index >= 15 is 0 Å². The highest BCUT2D eigenvalue weighted by Gasteiger charge is 2.23. The molecule has 32 heavy (non-hydrogen) atoms. The average Bonchev–Trinajstić information content (AvgIpc) is 3.16. The minimum Gasteiger partial charge on any atom is -0.325 e. The number of rotatable bonds is 7. The van der Waals surface area contributed by atoms with Gasteiger partial charge in [0, 0.05) is 60.0 Å². The van der Waals surface area contributed by atoms with Crippen LogP contribution in [0.1, 0.15) is 17.5 Å². The zero-order valence-electron chi connectivity index (χ0n) is 18.9. The van der Waals surface area contributed by atoms with Gasteiger partial charge in [0.2, 0.25) is 5.91 Å². The molecule has 3 aromatic rings. The highest BCUT2D eigenvalue weighted by molar-refractivity contribution is 6.14. The molecule has 7 nitrogen and oxygen atoms in total. The molecule has 168 valence electrons. The van der Waals surface area contributed by atoms with E-state index in [9.17, 15) is 9.59 Å². The van der Waals surface area contributed by atoms with E-state index < -0.39 is 0 Å². The van der Waals surface area contributed by atoms with Crippen LogP contribution in [0.5, 0.6) is 0 Å². The second kappa shape index (κ2) is 8.65. The van der Waals surface area contributed by atoms with Crippen molar-refractivity contribution in [2.45, 2.75) is 12.8 Å². The summed E-state index contributed by atoms with van der Waals surface area (Å²) in [4.78, 5) is 35.2. The van der Waals surface area contributed by atoms with Crippen LogP contribution in [0.2, 0.25) is 0 Å². The number of amides is 1. The molecule has 0 bridgehead atoms. The summed E-state index contributed by atoms with van der Waals surface area (Å²) >= 11 is 0. The molecule has 0 spiro atoms. The fourth-order valence-corrected chi connectivity index (χ4v) is 5.12. The summed E-state index contributed by atoms with van der Waals surface area (Å²) in [5.74, 6) is 0.0262. The maximum atomic E-state index is 12.9. The Bertz CT molecular complexity index is 1220. The van der Waals surface area contributed by atoms with Crippen LogP contribution < -0.4 is 10.9 Å². The molecular formula is C25H31N5O2. The van der Waals surface area contributed by atoms with Crippen LogP contribution in [0.4, 0.5) is 5.69 Å². The van der Waals surface area contributed by atoms with Gasteiger partial charge >= 0.3 is 0 Å². The lowest BCUT2D eigenvalue weighted by molar-refractivity contribution is -0.117. The number of hydrogen-bond acceptors (Lipinski definition) is 5. The summed E-state index contributed by atoms with van der Waals surface area (Å²) in [5.41, 5.74) is 3.89. The number of hydrogen-bond donors (Lipinski definition) is 2. The Hall–Kier alpha value is -2.74. The van der Waals surface area contributed by atoms with Gasteiger partial charge in [-0.2, -0.15) is 0 Å². The van der Waals surface area contributed by atoms with Crippen molar-refractivity contribution in [2.75, 3.05) is 65.2 Å². The molecule has 5 rings (SSSR count). The topological polar surface area (TPSA) is 71.7 Å². The van der Waals surface area contributed by atoms with Gasteiger partial charge in [0.25, 0.3) is 5.56 Å². The van der Waals surface area contributed by atoms with E-state index in [1.807, 2.05) is 24.3 Å². The van der Waals surface area contributed by atoms with Crippen molar-refractivity contribution >= 4 is 33.3 Å². The number of carbonyl (C=O) groups excluding carboxylic acids is 1. The number of aromatic amines is 1. The third-order valence-electron chi connectivity index (χ3n) is 6.76. The van der Waals surface area contributed by atoms with E-state index in [1.54, 1.807) is 0 Å². The molecule has 0 atom stereocenters. The number of carbonyl (C=O) groups is 1. The molecule has 7 heteroatoms. The van der Waals surface area contributed by atoms with Gasteiger partial charge in [0.1, 0.15) is 0 Å². The molecule has 1 aliphatic heterocycles. The van der Waals surface area contributed by atoms with Crippen molar-refractivity contribution in [3.63, 3.8) is 0 Å². The highest BCUT2D eigenvalue weighted by Crippen LogP contribution is 2.39. The molecule has 2 aromatic carbocycles. The Morgan fingerprint density at radius 1 is 1.06 bits per heavy atom. The quantitative estimate of drug-likeness (QED) is 0.437. The summed E-state index contributed by atoms with van der Waals surface area (Å²) in [6.45, 7) is 6.53. The fraction of sp³-hybridized carbons (Fsp3) is 0.440. The average molecular weight is 434 g/mol. The van der Waals surface area contributed by atoms with Crippen molar-refractivity contribution in [3.8, 4) is 0 Å². The van der Waals surface area contributed by atoms with Gasteiger partial charge in [0.15, 0.2) is 0 Å². The zero-order chi connectivity index (χ0) is 22.2. The first-order chi connectivity index (χ1) is 15.5. The number of pyridine rings is 1. The SMILES string of the molecule is CN(C)CCCN1CCN(CC(=O)Nc2ccc3[nH]c(=O)c4cccc5c4c3c2C5)CC1. The lowest BCUT2D eigenvalue weighted by Gasteiger charge is -2.34. The second-order valence-corrected chi connectivity index (χ2v) is 9.31. The van der Waals surface area contributed by atoms with Gasteiger partial charge in [-0.3, -0.25) is 14.5 Å². The van der Waals surface area contributed by atoms with Crippen LogP contribution >= 0.6 is 0 Å². The fourth-order valence-electron chi connectivity index (χ4n) is 5.12. The number of anilines is 1. The van der Waals surface area contributed by atoms with Crippen molar-refractivity contribution in [2.24, 2.45) is 0 Å². The molecule has 0 saturated carbocycles. The highest BCUT2D eigenvalue weighted by atomic mass is 16.2. The van der Waals surface area contributed by atoms with Gasteiger partial charge < -0.3 is 20.1 Å². The third-order valence-corrected chi connectivity index (χ3v) is 6.76. The van der Waals surface area contributed by atoms with Crippen LogP contribution in [0, 0.1) is 0 Å². The number of nitrogens with one attached hydrogen (secondary N) is 2. The maximum absolute atomic E-state index is 12.9. The molecule has 1 saturated heterocycles. The molecule has 2 N–H and O–H groups in total. The maximum Gasteiger partial charge on any atom is 0.256 e. The molecule has 1 aromatic heterocycles. The van der Waals surface area contributed by atoms with E-state index in [4.69, 9.17) is 0 Å². The zero-order valence-corrected chi connectivity index (χ0v) is 18.9. The molecule has 2 heterocycles. The summed E-state index contributed by atoms with van der Waals surface area (Å²) in [6.07, 6.45) is 1.92. The molecule has 2 aliphatic rings. The van der Waals surface area contributed by atoms with Crippen molar-refractivity contribution < 1.29 is 4.79 Å². The number of aromatic nitrogens is 1. The summed E-state index contributed by atoms with van der Waals surface area (Å²) < 4.78 is 0. The Morgan fingerprint density at radius 2 is 1.84 bits per heavy atom. The Kier molecular flexibility index (Phi) is 5.71. The van der Waals surface area contributed by atoms with Crippen LogP contribution in [-0.4, -0.2) is 85.5 Å². The van der Waals surface area contributed by atoms with Gasteiger partial charge in [-0.25, -0.2) is 0 Å². The number of benzene rings is 2. The molecule has 1 amide bonds. The first-order valence-electron chi connectivity index (χ1n) is 11.5. The Morgan fingerprint density at radius 3 is 2.62 bits per heavy atom. The van der Waals surface area contributed by atoms with E-state index in [0.717, 1.165) is 84.2 Å². The van der Waals surface area contributed by atoms with Gasteiger partial charge in [0.05, 0.1) is 6.54 Å². The Balaban J connectivity index is 1.24. The number of nitrogens with zero attached hydrogens (tertiary/aromatic N) is 3. The third kappa shape index (κ3) is 4.03. The van der Waals surface area contributed by atoms with Crippen LogP contribution in [0.15, 0.2) is 35.1 Å². The summed E-state index contributed by atoms with van der Waals surface area (Å²) in [5, 5.41) is 5.97. The minimum atomic E-state index is -0.0557. The first-order valence-corrected chi connectivity index (χ1v) is 11.5. The molecule has 0 radical (unpaired) electrons. The number of H-pyrrole nitrogens is 1. The van der Waals surface area contributed by atoms with Crippen molar-refractivity contribution in [3.05, 3.63) is 51.8 Å². The minimum absolute atomic E-state index is 0.0262. The van der Waals surface area contributed by atoms with Gasteiger partial charge in [-0.1, -0.05) is 12.1 Å². The van der Waals surface area contributed by atoms with Crippen molar-refractivity contribution in [1.29, 1.82) is 0 Å². The molecule has 1 aliphatic carbocycles. The summed E-state index contributed by atoms with van der Waals surface area (Å²) in [6, 6.07) is 9.71. The number of piperazine rings is 1. The van der Waals surface area contributed by atoms with E-state index in [2.05, 4.69) is 45.2 Å². The largest absolute Gasteiger partial charge is 0.325 e. The van der Waals surface area contributed by atoms with E-state index in [1.165, 1.54) is 6.42 Å². The van der Waals surface area contributed by atoms with Gasteiger partial charge in [-0.05, 0) is 62.9 Å². The first kappa shape index (κ1) is 21.1. The van der Waals surface area contributed by atoms with E-state index in [0.29, 0.717) is 6.54 Å². The monoisotopic (exact) mass is 433 g/mol. The predicted octanol–water partition coefficient (Wildman–Crippen LogP) is 2.09. The molecule has 1 fully saturated rings. The molecule has 0 unspecified atom stereocenters. The van der Waals surface area contributed by atoms with Crippen molar-refractivity contribution in [1.82, 2.24) is 19.7 Å². The lowest BCUT2D eigenvalue weighted by atomic mass is 10.1. The smallest absolute Gasteiger partial charge is 0.256 e. The second-order valence-electron chi connectivity index (χ2n) is 9.31. The standard InChI is InChI=1S/C25H31N5O2/c1-28(2)9-4-10-29-11-13-30(14-12-29)16-22(31)26-20-7-8-21-24-19(20)15-17-5-3-6-18(23(17)24)25(32)27-21/h3,5-8H,4,9-16H2,1-2H3,(H,26,31)(H,27,32). The normalized spacial score (nSPS) is 16.6. The van der Waals surface area contributed by atoms with Crippen LogP contribution in [-0.2, 0) is 11.2 Å². The van der Waals surface area contributed by atoms with Crippen LogP contribution in [0.3, 0.4) is 0 Å². The van der Waals surface area contributed by atoms with Gasteiger partial charge in [-0.15, -0.1) is 0 Å². The van der Waals surface area contributed by atoms with Crippen LogP contribution in [0.25, 0.3) is 21.7 Å². The molecular weight excluding hydrogens is 402 g/mol. The predicted molar refractivity (Wildman–Crippen MR) is 130 cm³/mol. The Labute approximate surface area is 188 Å². The van der Waals surface area contributed by atoms with E-state index in [-0.39, 0.29) is 11.5 Å².